The highest BCUT2D eigenvalue weighted by atomic mass is 19.1. The Morgan fingerprint density at radius 1 is 1.21 bits per heavy atom. The number of hydrogen-bond acceptors (Lipinski definition) is 3. The molecule has 3 unspecified atom stereocenters. The molecule has 0 aromatic heterocycles. The molecule has 1 aromatic carbocycles. The minimum Gasteiger partial charge on any atom is -0.329 e. The van der Waals surface area contributed by atoms with Gasteiger partial charge in [-0.3, -0.25) is 9.80 Å². The van der Waals surface area contributed by atoms with Gasteiger partial charge in [-0.25, -0.2) is 4.39 Å². The van der Waals surface area contributed by atoms with Crippen LogP contribution in [-0.2, 0) is 0 Å². The molecule has 3 nitrogen and oxygen atoms in total. The molecule has 1 aliphatic rings. The van der Waals surface area contributed by atoms with Gasteiger partial charge in [-0.15, -0.1) is 0 Å². The maximum absolute atomic E-state index is 13.0. The van der Waals surface area contributed by atoms with Gasteiger partial charge in [-0.2, -0.15) is 0 Å². The zero-order valence-electron chi connectivity index (χ0n) is 12.0. The number of nitrogens with zero attached hydrogens (tertiary/aromatic N) is 2. The maximum Gasteiger partial charge on any atom is 0.123 e. The molecule has 0 bridgehead atoms. The summed E-state index contributed by atoms with van der Waals surface area (Å²) in [4.78, 5) is 4.82. The Balaban J connectivity index is 2.16. The topological polar surface area (TPSA) is 32.5 Å². The Bertz CT molecular complexity index is 394. The number of rotatable bonds is 3. The van der Waals surface area contributed by atoms with Gasteiger partial charge in [0.2, 0.25) is 0 Å². The molecule has 0 amide bonds. The summed E-state index contributed by atoms with van der Waals surface area (Å²) in [6.07, 6.45) is 0. The standard InChI is InChI=1S/C15H24FN3/c1-11-9-19(10-12(2)18(11)3)15(8-17)13-4-6-14(16)7-5-13/h4-7,11-12,15H,8-10,17H2,1-3H3. The van der Waals surface area contributed by atoms with Crippen molar-refractivity contribution in [3.8, 4) is 0 Å². The van der Waals surface area contributed by atoms with E-state index in [2.05, 4.69) is 30.7 Å². The van der Waals surface area contributed by atoms with E-state index in [4.69, 9.17) is 5.73 Å². The van der Waals surface area contributed by atoms with E-state index in [1.807, 2.05) is 12.1 Å². The molecule has 0 saturated carbocycles. The quantitative estimate of drug-likeness (QED) is 0.905. The summed E-state index contributed by atoms with van der Waals surface area (Å²) in [7, 11) is 2.17. The summed E-state index contributed by atoms with van der Waals surface area (Å²) < 4.78 is 13.0. The fraction of sp³-hybridized carbons (Fsp3) is 0.600. The fourth-order valence-electron chi connectivity index (χ4n) is 2.88. The number of benzene rings is 1. The first-order valence-corrected chi connectivity index (χ1v) is 6.94. The lowest BCUT2D eigenvalue weighted by atomic mass is 10.0. The molecule has 106 valence electrons. The lowest BCUT2D eigenvalue weighted by Gasteiger charge is -2.45. The van der Waals surface area contributed by atoms with Crippen LogP contribution in [-0.4, -0.2) is 48.6 Å². The summed E-state index contributed by atoms with van der Waals surface area (Å²) in [6.45, 7) is 7.04. The Kier molecular flexibility index (Phi) is 4.55. The van der Waals surface area contributed by atoms with E-state index < -0.39 is 0 Å². The maximum atomic E-state index is 13.0. The monoisotopic (exact) mass is 265 g/mol. The van der Waals surface area contributed by atoms with Crippen molar-refractivity contribution in [2.45, 2.75) is 32.0 Å². The summed E-state index contributed by atoms with van der Waals surface area (Å²) in [5.41, 5.74) is 7.05. The van der Waals surface area contributed by atoms with Crippen LogP contribution in [0.4, 0.5) is 4.39 Å². The summed E-state index contributed by atoms with van der Waals surface area (Å²) >= 11 is 0. The SMILES string of the molecule is CC1CN(C(CN)c2ccc(F)cc2)CC(C)N1C. The van der Waals surface area contributed by atoms with Crippen LogP contribution < -0.4 is 5.73 Å². The van der Waals surface area contributed by atoms with Gasteiger partial charge in [0.05, 0.1) is 0 Å². The molecule has 0 spiro atoms. The predicted molar refractivity (Wildman–Crippen MR) is 76.5 cm³/mol. The van der Waals surface area contributed by atoms with Crippen LogP contribution >= 0.6 is 0 Å². The molecule has 0 aliphatic carbocycles. The summed E-state index contributed by atoms with van der Waals surface area (Å²) in [6, 6.07) is 7.93. The van der Waals surface area contributed by atoms with E-state index in [1.165, 1.54) is 12.1 Å². The van der Waals surface area contributed by atoms with Gasteiger partial charge >= 0.3 is 0 Å². The minimum atomic E-state index is -0.195. The van der Waals surface area contributed by atoms with Gasteiger partial charge in [-0.1, -0.05) is 12.1 Å². The largest absolute Gasteiger partial charge is 0.329 e. The predicted octanol–water partition coefficient (Wildman–Crippen LogP) is 1.85. The van der Waals surface area contributed by atoms with E-state index in [0.29, 0.717) is 18.6 Å². The Morgan fingerprint density at radius 3 is 2.21 bits per heavy atom. The Morgan fingerprint density at radius 2 is 1.74 bits per heavy atom. The molecular formula is C15H24FN3. The first-order valence-electron chi connectivity index (χ1n) is 6.94. The average Bonchev–Trinajstić information content (AvgIpc) is 2.39. The highest BCUT2D eigenvalue weighted by molar-refractivity contribution is 5.20. The van der Waals surface area contributed by atoms with Crippen molar-refractivity contribution in [2.75, 3.05) is 26.7 Å². The first-order chi connectivity index (χ1) is 9.02. The molecule has 19 heavy (non-hydrogen) atoms. The number of likely N-dealkylation sites (N-methyl/N-ethyl adjacent to an activating group) is 1. The smallest absolute Gasteiger partial charge is 0.123 e. The zero-order valence-corrected chi connectivity index (χ0v) is 12.0. The molecule has 1 fully saturated rings. The Hall–Kier alpha value is -0.970. The van der Waals surface area contributed by atoms with Crippen LogP contribution in [0.3, 0.4) is 0 Å². The summed E-state index contributed by atoms with van der Waals surface area (Å²) in [5, 5.41) is 0. The van der Waals surface area contributed by atoms with Gasteiger partial charge in [0.15, 0.2) is 0 Å². The van der Waals surface area contributed by atoms with Gasteiger partial charge in [0.1, 0.15) is 5.82 Å². The van der Waals surface area contributed by atoms with E-state index >= 15 is 0 Å². The van der Waals surface area contributed by atoms with Crippen molar-refractivity contribution >= 4 is 0 Å². The third kappa shape index (κ3) is 3.14. The average molecular weight is 265 g/mol. The molecule has 2 N–H and O–H groups in total. The lowest BCUT2D eigenvalue weighted by Crippen LogP contribution is -2.56. The first kappa shape index (κ1) is 14.4. The van der Waals surface area contributed by atoms with Crippen LogP contribution in [0.2, 0.25) is 0 Å². The van der Waals surface area contributed by atoms with Crippen molar-refractivity contribution in [1.82, 2.24) is 9.80 Å². The van der Waals surface area contributed by atoms with Crippen molar-refractivity contribution in [1.29, 1.82) is 0 Å². The molecule has 0 radical (unpaired) electrons. The number of halogens is 1. The minimum absolute atomic E-state index is 0.180. The van der Waals surface area contributed by atoms with Crippen molar-refractivity contribution in [3.05, 3.63) is 35.6 Å². The number of hydrogen-bond donors (Lipinski definition) is 1. The van der Waals surface area contributed by atoms with Gasteiger partial charge in [-0.05, 0) is 38.6 Å². The number of piperazine rings is 1. The molecule has 3 atom stereocenters. The van der Waals surface area contributed by atoms with Gasteiger partial charge in [0.25, 0.3) is 0 Å². The highest BCUT2D eigenvalue weighted by Crippen LogP contribution is 2.25. The van der Waals surface area contributed by atoms with Crippen LogP contribution in [0.25, 0.3) is 0 Å². The molecule has 4 heteroatoms. The van der Waals surface area contributed by atoms with E-state index in [9.17, 15) is 4.39 Å². The second-order valence-electron chi connectivity index (χ2n) is 5.62. The number of nitrogens with two attached hydrogens (primary N) is 1. The van der Waals surface area contributed by atoms with Crippen LogP contribution in [0, 0.1) is 5.82 Å². The van der Waals surface area contributed by atoms with Crippen LogP contribution in [0.1, 0.15) is 25.5 Å². The van der Waals surface area contributed by atoms with E-state index in [-0.39, 0.29) is 11.9 Å². The Labute approximate surface area is 115 Å². The summed E-state index contributed by atoms with van der Waals surface area (Å²) in [5.74, 6) is -0.195. The molecule has 1 aliphatic heterocycles. The van der Waals surface area contributed by atoms with Crippen LogP contribution in [0.15, 0.2) is 24.3 Å². The second kappa shape index (κ2) is 5.99. The third-order valence-corrected chi connectivity index (χ3v) is 4.31. The zero-order chi connectivity index (χ0) is 14.0. The van der Waals surface area contributed by atoms with Crippen molar-refractivity contribution in [2.24, 2.45) is 5.73 Å². The molecular weight excluding hydrogens is 241 g/mol. The molecule has 2 rings (SSSR count). The third-order valence-electron chi connectivity index (χ3n) is 4.31. The van der Waals surface area contributed by atoms with E-state index in [0.717, 1.165) is 18.7 Å². The van der Waals surface area contributed by atoms with Gasteiger partial charge in [0, 0.05) is 37.8 Å². The lowest BCUT2D eigenvalue weighted by molar-refractivity contribution is 0.0352. The van der Waals surface area contributed by atoms with E-state index in [1.54, 1.807) is 0 Å². The highest BCUT2D eigenvalue weighted by Gasteiger charge is 2.30. The molecule has 1 aromatic rings. The molecule has 1 heterocycles. The van der Waals surface area contributed by atoms with Gasteiger partial charge < -0.3 is 5.73 Å². The molecule has 1 saturated heterocycles. The van der Waals surface area contributed by atoms with Crippen LogP contribution in [0.5, 0.6) is 0 Å². The normalized spacial score (nSPS) is 27.4. The van der Waals surface area contributed by atoms with Crippen molar-refractivity contribution in [3.63, 3.8) is 0 Å². The van der Waals surface area contributed by atoms with Crippen molar-refractivity contribution < 1.29 is 4.39 Å². The fourth-order valence-corrected chi connectivity index (χ4v) is 2.88. The second-order valence-corrected chi connectivity index (χ2v) is 5.62.